The van der Waals surface area contributed by atoms with Crippen molar-refractivity contribution in [3.63, 3.8) is 0 Å². The van der Waals surface area contributed by atoms with E-state index in [0.717, 1.165) is 17.1 Å². The highest BCUT2D eigenvalue weighted by molar-refractivity contribution is 7.99. The van der Waals surface area contributed by atoms with Gasteiger partial charge >= 0.3 is 6.09 Å². The molecule has 1 N–H and O–H groups in total. The summed E-state index contributed by atoms with van der Waals surface area (Å²) in [4.78, 5) is 27.3. The molecule has 2 rings (SSSR count). The molecule has 1 aliphatic heterocycles. The van der Waals surface area contributed by atoms with E-state index in [0.29, 0.717) is 24.5 Å². The van der Waals surface area contributed by atoms with Gasteiger partial charge in [-0.25, -0.2) is 4.79 Å². The van der Waals surface area contributed by atoms with E-state index in [9.17, 15) is 9.59 Å². The lowest BCUT2D eigenvalue weighted by atomic mass is 10.2. The summed E-state index contributed by atoms with van der Waals surface area (Å²) < 4.78 is 5.39. The SMILES string of the molecule is CC(C)(C)OC(=O)N1CCCC1C(=O)NCCSc1ccc(Cl)cc1. The van der Waals surface area contributed by atoms with Crippen LogP contribution in [0.25, 0.3) is 0 Å². The number of benzene rings is 1. The minimum Gasteiger partial charge on any atom is -0.444 e. The zero-order valence-electron chi connectivity index (χ0n) is 14.9. The maximum atomic E-state index is 12.4. The number of amides is 2. The molecule has 1 aliphatic rings. The smallest absolute Gasteiger partial charge is 0.410 e. The number of halogens is 1. The topological polar surface area (TPSA) is 58.6 Å². The van der Waals surface area contributed by atoms with E-state index in [1.807, 2.05) is 45.0 Å². The van der Waals surface area contributed by atoms with Gasteiger partial charge in [-0.1, -0.05) is 11.6 Å². The lowest BCUT2D eigenvalue weighted by molar-refractivity contribution is -0.125. The lowest BCUT2D eigenvalue weighted by Gasteiger charge is -2.28. The van der Waals surface area contributed by atoms with Crippen molar-refractivity contribution in [1.82, 2.24) is 10.2 Å². The van der Waals surface area contributed by atoms with Crippen LogP contribution in [0.4, 0.5) is 4.79 Å². The zero-order chi connectivity index (χ0) is 18.4. The van der Waals surface area contributed by atoms with Crippen molar-refractivity contribution in [2.75, 3.05) is 18.8 Å². The molecule has 2 amide bonds. The molecule has 0 aromatic heterocycles. The molecular formula is C18H25ClN2O3S. The largest absolute Gasteiger partial charge is 0.444 e. The first-order valence-corrected chi connectivity index (χ1v) is 9.78. The third-order valence-corrected chi connectivity index (χ3v) is 4.93. The molecule has 1 fully saturated rings. The summed E-state index contributed by atoms with van der Waals surface area (Å²) in [7, 11) is 0. The monoisotopic (exact) mass is 384 g/mol. The first-order chi connectivity index (χ1) is 11.8. The Balaban J connectivity index is 1.77. The molecule has 1 aromatic rings. The Kier molecular flexibility index (Phi) is 7.02. The van der Waals surface area contributed by atoms with Gasteiger partial charge < -0.3 is 10.1 Å². The molecule has 138 valence electrons. The summed E-state index contributed by atoms with van der Waals surface area (Å²) in [5, 5.41) is 3.63. The molecule has 1 unspecified atom stereocenters. The molecule has 7 heteroatoms. The fourth-order valence-electron chi connectivity index (χ4n) is 2.57. The number of nitrogens with one attached hydrogen (secondary N) is 1. The van der Waals surface area contributed by atoms with Gasteiger partial charge in [-0.2, -0.15) is 0 Å². The lowest BCUT2D eigenvalue weighted by Crippen LogP contribution is -2.47. The van der Waals surface area contributed by atoms with E-state index in [2.05, 4.69) is 5.32 Å². The molecule has 0 aliphatic carbocycles. The Morgan fingerprint density at radius 1 is 1.32 bits per heavy atom. The molecule has 1 aromatic carbocycles. The van der Waals surface area contributed by atoms with Crippen molar-refractivity contribution >= 4 is 35.4 Å². The van der Waals surface area contributed by atoms with E-state index in [-0.39, 0.29) is 5.91 Å². The second-order valence-corrected chi connectivity index (χ2v) is 8.53. The first kappa shape index (κ1) is 19.9. The third-order valence-electron chi connectivity index (χ3n) is 3.67. The number of carbonyl (C=O) groups is 2. The van der Waals surface area contributed by atoms with Crippen LogP contribution in [-0.4, -0.2) is 47.4 Å². The molecule has 0 spiro atoms. The van der Waals surface area contributed by atoms with Crippen molar-refractivity contribution in [2.45, 2.75) is 50.2 Å². The first-order valence-electron chi connectivity index (χ1n) is 8.42. The maximum absolute atomic E-state index is 12.4. The number of thioether (sulfide) groups is 1. The number of hydrogen-bond donors (Lipinski definition) is 1. The van der Waals surface area contributed by atoms with Crippen LogP contribution in [0.3, 0.4) is 0 Å². The van der Waals surface area contributed by atoms with Crippen LogP contribution in [0.15, 0.2) is 29.2 Å². The minimum absolute atomic E-state index is 0.111. The highest BCUT2D eigenvalue weighted by atomic mass is 35.5. The number of rotatable bonds is 5. The summed E-state index contributed by atoms with van der Waals surface area (Å²) in [5.74, 6) is 0.645. The Hall–Kier alpha value is -1.40. The normalized spacial score (nSPS) is 17.4. The maximum Gasteiger partial charge on any atom is 0.410 e. The van der Waals surface area contributed by atoms with Crippen LogP contribution in [0, 0.1) is 0 Å². The standard InChI is InChI=1S/C18H25ClN2O3S/c1-18(2,3)24-17(23)21-11-4-5-15(21)16(22)20-10-12-25-14-8-6-13(19)7-9-14/h6-9,15H,4-5,10-12H2,1-3H3,(H,20,22). The highest BCUT2D eigenvalue weighted by Gasteiger charge is 2.36. The van der Waals surface area contributed by atoms with Gasteiger partial charge in [0.25, 0.3) is 0 Å². The molecule has 1 atom stereocenters. The predicted octanol–water partition coefficient (Wildman–Crippen LogP) is 3.95. The summed E-state index contributed by atoms with van der Waals surface area (Å²) in [6, 6.07) is 7.17. The van der Waals surface area contributed by atoms with Gasteiger partial charge in [0, 0.05) is 28.8 Å². The van der Waals surface area contributed by atoms with Crippen molar-refractivity contribution in [3.8, 4) is 0 Å². The van der Waals surface area contributed by atoms with Gasteiger partial charge in [-0.3, -0.25) is 9.69 Å². The fourth-order valence-corrected chi connectivity index (χ4v) is 3.46. The Morgan fingerprint density at radius 2 is 2.00 bits per heavy atom. The third kappa shape index (κ3) is 6.44. The van der Waals surface area contributed by atoms with Gasteiger partial charge in [0.1, 0.15) is 11.6 Å². The predicted molar refractivity (Wildman–Crippen MR) is 101 cm³/mol. The van der Waals surface area contributed by atoms with Crippen molar-refractivity contribution in [1.29, 1.82) is 0 Å². The average molecular weight is 385 g/mol. The van der Waals surface area contributed by atoms with E-state index in [4.69, 9.17) is 16.3 Å². The number of ether oxygens (including phenoxy) is 1. The Labute approximate surface area is 158 Å². The van der Waals surface area contributed by atoms with E-state index in [1.54, 1.807) is 11.8 Å². The fraction of sp³-hybridized carbons (Fsp3) is 0.556. The van der Waals surface area contributed by atoms with Crippen LogP contribution in [-0.2, 0) is 9.53 Å². The van der Waals surface area contributed by atoms with Gasteiger partial charge in [-0.05, 0) is 57.9 Å². The van der Waals surface area contributed by atoms with Crippen molar-refractivity contribution in [2.24, 2.45) is 0 Å². The molecular weight excluding hydrogens is 360 g/mol. The second kappa shape index (κ2) is 8.81. The number of hydrogen-bond acceptors (Lipinski definition) is 4. The minimum atomic E-state index is -0.560. The summed E-state index contributed by atoms with van der Waals surface area (Å²) in [6.07, 6.45) is 1.08. The van der Waals surface area contributed by atoms with Gasteiger partial charge in [0.15, 0.2) is 0 Å². The molecule has 25 heavy (non-hydrogen) atoms. The molecule has 0 saturated carbocycles. The Morgan fingerprint density at radius 3 is 2.64 bits per heavy atom. The highest BCUT2D eigenvalue weighted by Crippen LogP contribution is 2.22. The van der Waals surface area contributed by atoms with Gasteiger partial charge in [0.05, 0.1) is 0 Å². The van der Waals surface area contributed by atoms with Crippen LogP contribution in [0.2, 0.25) is 5.02 Å². The van der Waals surface area contributed by atoms with E-state index >= 15 is 0 Å². The van der Waals surface area contributed by atoms with E-state index < -0.39 is 17.7 Å². The summed E-state index contributed by atoms with van der Waals surface area (Å²) in [5.41, 5.74) is -0.560. The van der Waals surface area contributed by atoms with Crippen molar-refractivity contribution in [3.05, 3.63) is 29.3 Å². The van der Waals surface area contributed by atoms with Crippen LogP contribution in [0.5, 0.6) is 0 Å². The Bertz CT molecular complexity index is 601. The molecule has 0 bridgehead atoms. The second-order valence-electron chi connectivity index (χ2n) is 6.93. The summed E-state index contributed by atoms with van der Waals surface area (Å²) >= 11 is 7.51. The van der Waals surface area contributed by atoms with Crippen LogP contribution >= 0.6 is 23.4 Å². The number of likely N-dealkylation sites (tertiary alicyclic amines) is 1. The molecule has 1 saturated heterocycles. The van der Waals surface area contributed by atoms with Gasteiger partial charge in [0.2, 0.25) is 5.91 Å². The van der Waals surface area contributed by atoms with Crippen molar-refractivity contribution < 1.29 is 14.3 Å². The molecule has 5 nitrogen and oxygen atoms in total. The molecule has 0 radical (unpaired) electrons. The molecule has 1 heterocycles. The van der Waals surface area contributed by atoms with Gasteiger partial charge in [-0.15, -0.1) is 11.8 Å². The zero-order valence-corrected chi connectivity index (χ0v) is 16.5. The van der Waals surface area contributed by atoms with E-state index in [1.165, 1.54) is 4.90 Å². The summed E-state index contributed by atoms with van der Waals surface area (Å²) in [6.45, 7) is 6.58. The quantitative estimate of drug-likeness (QED) is 0.616. The number of nitrogens with zero attached hydrogens (tertiary/aromatic N) is 1. The average Bonchev–Trinajstić information content (AvgIpc) is 3.01. The van der Waals surface area contributed by atoms with Crippen LogP contribution < -0.4 is 5.32 Å². The van der Waals surface area contributed by atoms with Crippen LogP contribution in [0.1, 0.15) is 33.6 Å². The number of carbonyl (C=O) groups excluding carboxylic acids is 2.